The molecule has 4 heteroatoms. The molecule has 0 radical (unpaired) electrons. The minimum atomic E-state index is 0.476. The number of aromatic nitrogens is 2. The summed E-state index contributed by atoms with van der Waals surface area (Å²) >= 11 is 3.50. The van der Waals surface area contributed by atoms with Crippen LogP contribution >= 0.6 is 15.9 Å². The largest absolute Gasteiger partial charge is 0.384 e. The van der Waals surface area contributed by atoms with Gasteiger partial charge in [-0.25, -0.2) is 4.98 Å². The van der Waals surface area contributed by atoms with Crippen molar-refractivity contribution < 1.29 is 4.74 Å². The maximum Gasteiger partial charge on any atom is 0.107 e. The molecule has 0 amide bonds. The van der Waals surface area contributed by atoms with E-state index in [0.717, 1.165) is 34.4 Å². The van der Waals surface area contributed by atoms with Crippen molar-refractivity contribution in [3.8, 4) is 0 Å². The van der Waals surface area contributed by atoms with Gasteiger partial charge in [0.1, 0.15) is 5.82 Å². The van der Waals surface area contributed by atoms with Crippen LogP contribution in [0.4, 0.5) is 0 Å². The second-order valence-corrected chi connectivity index (χ2v) is 5.48. The number of nitrogens with zero attached hydrogens (tertiary/aromatic N) is 1. The van der Waals surface area contributed by atoms with Gasteiger partial charge >= 0.3 is 0 Å². The number of imidazole rings is 1. The van der Waals surface area contributed by atoms with E-state index in [1.54, 1.807) is 7.11 Å². The van der Waals surface area contributed by atoms with E-state index in [2.05, 4.69) is 51.9 Å². The fourth-order valence-electron chi connectivity index (χ4n) is 2.07. The molecule has 0 bridgehead atoms. The second kappa shape index (κ2) is 5.19. The van der Waals surface area contributed by atoms with E-state index in [1.165, 1.54) is 5.56 Å². The molecule has 1 heterocycles. The molecule has 0 saturated heterocycles. The van der Waals surface area contributed by atoms with Crippen molar-refractivity contribution in [3.63, 3.8) is 0 Å². The highest BCUT2D eigenvalue weighted by molar-refractivity contribution is 9.10. The SMILES string of the molecule is COCC(C)Cc1nc2c(C)cc(Br)cc2[nH]1. The Kier molecular flexibility index (Phi) is 3.84. The Morgan fingerprint density at radius 2 is 2.24 bits per heavy atom. The van der Waals surface area contributed by atoms with Crippen LogP contribution in [0.5, 0.6) is 0 Å². The van der Waals surface area contributed by atoms with Gasteiger partial charge in [-0.15, -0.1) is 0 Å². The van der Waals surface area contributed by atoms with Crippen molar-refractivity contribution in [1.29, 1.82) is 0 Å². The molecule has 1 unspecified atom stereocenters. The fraction of sp³-hybridized carbons (Fsp3) is 0.462. The van der Waals surface area contributed by atoms with E-state index in [4.69, 9.17) is 4.74 Å². The molecule has 0 saturated carbocycles. The lowest BCUT2D eigenvalue weighted by Gasteiger charge is -2.06. The average Bonchev–Trinajstić information content (AvgIpc) is 2.60. The molecule has 92 valence electrons. The monoisotopic (exact) mass is 296 g/mol. The van der Waals surface area contributed by atoms with E-state index < -0.39 is 0 Å². The number of nitrogens with one attached hydrogen (secondary N) is 1. The Morgan fingerprint density at radius 3 is 2.94 bits per heavy atom. The first kappa shape index (κ1) is 12.6. The number of aromatic amines is 1. The zero-order valence-electron chi connectivity index (χ0n) is 10.4. The lowest BCUT2D eigenvalue weighted by atomic mass is 10.1. The zero-order valence-corrected chi connectivity index (χ0v) is 12.0. The normalized spacial score (nSPS) is 13.2. The molecule has 0 fully saturated rings. The molecule has 17 heavy (non-hydrogen) atoms. The summed E-state index contributed by atoms with van der Waals surface area (Å²) in [4.78, 5) is 8.01. The lowest BCUT2D eigenvalue weighted by molar-refractivity contribution is 0.159. The Hall–Kier alpha value is -0.870. The van der Waals surface area contributed by atoms with Gasteiger partial charge in [0.15, 0.2) is 0 Å². The van der Waals surface area contributed by atoms with Gasteiger partial charge in [0.2, 0.25) is 0 Å². The van der Waals surface area contributed by atoms with E-state index >= 15 is 0 Å². The molecular formula is C13H17BrN2O. The standard InChI is InChI=1S/C13H17BrN2O/c1-8(7-17-3)4-12-15-11-6-10(14)5-9(2)13(11)16-12/h5-6,8H,4,7H2,1-3H3,(H,15,16). The number of benzene rings is 1. The third-order valence-electron chi connectivity index (χ3n) is 2.78. The molecule has 1 N–H and O–H groups in total. The Bertz CT molecular complexity index is 521. The second-order valence-electron chi connectivity index (χ2n) is 4.57. The molecule has 0 aliphatic rings. The summed E-state index contributed by atoms with van der Waals surface area (Å²) in [5.74, 6) is 1.51. The Labute approximate surface area is 110 Å². The van der Waals surface area contributed by atoms with Crippen LogP contribution < -0.4 is 0 Å². The van der Waals surface area contributed by atoms with Crippen LogP contribution in [0.15, 0.2) is 16.6 Å². The quantitative estimate of drug-likeness (QED) is 0.938. The number of methoxy groups -OCH3 is 1. The third-order valence-corrected chi connectivity index (χ3v) is 3.24. The van der Waals surface area contributed by atoms with Crippen LogP contribution in [0.1, 0.15) is 18.3 Å². The molecule has 1 aromatic carbocycles. The van der Waals surface area contributed by atoms with Crippen LogP contribution in [-0.2, 0) is 11.2 Å². The minimum Gasteiger partial charge on any atom is -0.384 e. The smallest absolute Gasteiger partial charge is 0.107 e. The maximum atomic E-state index is 5.14. The van der Waals surface area contributed by atoms with E-state index in [0.29, 0.717) is 5.92 Å². The first-order chi connectivity index (χ1) is 8.10. The number of aryl methyl sites for hydroxylation is 1. The van der Waals surface area contributed by atoms with Crippen LogP contribution in [0.2, 0.25) is 0 Å². The van der Waals surface area contributed by atoms with Gasteiger partial charge in [0.05, 0.1) is 11.0 Å². The maximum absolute atomic E-state index is 5.14. The molecule has 3 nitrogen and oxygen atoms in total. The molecule has 2 aromatic rings. The van der Waals surface area contributed by atoms with E-state index in [-0.39, 0.29) is 0 Å². The van der Waals surface area contributed by atoms with Crippen LogP contribution in [0.3, 0.4) is 0 Å². The first-order valence-electron chi connectivity index (χ1n) is 5.74. The number of halogens is 1. The van der Waals surface area contributed by atoms with Crippen molar-refractivity contribution in [3.05, 3.63) is 28.0 Å². The number of H-pyrrole nitrogens is 1. The molecule has 2 rings (SSSR count). The molecule has 0 aliphatic carbocycles. The number of fused-ring (bicyclic) bond motifs is 1. The van der Waals surface area contributed by atoms with Crippen molar-refractivity contribution in [2.75, 3.05) is 13.7 Å². The topological polar surface area (TPSA) is 37.9 Å². The van der Waals surface area contributed by atoms with Crippen molar-refractivity contribution in [2.45, 2.75) is 20.3 Å². The van der Waals surface area contributed by atoms with Crippen molar-refractivity contribution >= 4 is 27.0 Å². The highest BCUT2D eigenvalue weighted by Gasteiger charge is 2.09. The van der Waals surface area contributed by atoms with Gasteiger partial charge in [-0.2, -0.15) is 0 Å². The molecule has 0 aliphatic heterocycles. The fourth-order valence-corrected chi connectivity index (χ4v) is 2.64. The first-order valence-corrected chi connectivity index (χ1v) is 6.53. The zero-order chi connectivity index (χ0) is 12.4. The van der Waals surface area contributed by atoms with Gasteiger partial charge in [-0.05, 0) is 30.5 Å². The Morgan fingerprint density at radius 1 is 1.47 bits per heavy atom. The van der Waals surface area contributed by atoms with Crippen molar-refractivity contribution in [2.24, 2.45) is 5.92 Å². The van der Waals surface area contributed by atoms with Crippen LogP contribution in [0, 0.1) is 12.8 Å². The van der Waals surface area contributed by atoms with Crippen LogP contribution in [0.25, 0.3) is 11.0 Å². The number of ether oxygens (including phenoxy) is 1. The van der Waals surface area contributed by atoms with Gasteiger partial charge in [-0.3, -0.25) is 0 Å². The summed E-state index contributed by atoms with van der Waals surface area (Å²) < 4.78 is 6.23. The molecule has 1 aromatic heterocycles. The molecular weight excluding hydrogens is 280 g/mol. The predicted octanol–water partition coefficient (Wildman–Crippen LogP) is 3.46. The summed E-state index contributed by atoms with van der Waals surface area (Å²) in [6.07, 6.45) is 0.916. The summed E-state index contributed by atoms with van der Waals surface area (Å²) in [6.45, 7) is 5.01. The van der Waals surface area contributed by atoms with E-state index in [1.807, 2.05) is 0 Å². The molecule has 1 atom stereocenters. The predicted molar refractivity (Wildman–Crippen MR) is 73.3 cm³/mol. The van der Waals surface area contributed by atoms with Gasteiger partial charge in [0.25, 0.3) is 0 Å². The van der Waals surface area contributed by atoms with E-state index in [9.17, 15) is 0 Å². The average molecular weight is 297 g/mol. The summed E-state index contributed by atoms with van der Waals surface area (Å²) in [7, 11) is 1.73. The highest BCUT2D eigenvalue weighted by Crippen LogP contribution is 2.22. The third kappa shape index (κ3) is 2.87. The van der Waals surface area contributed by atoms with Gasteiger partial charge < -0.3 is 9.72 Å². The summed E-state index contributed by atoms with van der Waals surface area (Å²) in [6, 6.07) is 4.16. The molecule has 0 spiro atoms. The lowest BCUT2D eigenvalue weighted by Crippen LogP contribution is -2.07. The summed E-state index contributed by atoms with van der Waals surface area (Å²) in [5.41, 5.74) is 3.35. The van der Waals surface area contributed by atoms with Gasteiger partial charge in [0, 0.05) is 24.6 Å². The van der Waals surface area contributed by atoms with Gasteiger partial charge in [-0.1, -0.05) is 22.9 Å². The number of hydrogen-bond acceptors (Lipinski definition) is 2. The van der Waals surface area contributed by atoms with Crippen LogP contribution in [-0.4, -0.2) is 23.7 Å². The number of hydrogen-bond donors (Lipinski definition) is 1. The highest BCUT2D eigenvalue weighted by atomic mass is 79.9. The minimum absolute atomic E-state index is 0.476. The number of rotatable bonds is 4. The van der Waals surface area contributed by atoms with Crippen molar-refractivity contribution in [1.82, 2.24) is 9.97 Å². The Balaban J connectivity index is 2.28. The summed E-state index contributed by atoms with van der Waals surface area (Å²) in [5, 5.41) is 0.